The van der Waals surface area contributed by atoms with E-state index in [1.807, 2.05) is 30.3 Å². The van der Waals surface area contributed by atoms with E-state index >= 15 is 0 Å². The molecule has 6 nitrogen and oxygen atoms in total. The van der Waals surface area contributed by atoms with Crippen molar-refractivity contribution in [2.45, 2.75) is 5.16 Å². The summed E-state index contributed by atoms with van der Waals surface area (Å²) in [6.07, 6.45) is 0. The van der Waals surface area contributed by atoms with Crippen LogP contribution in [0.2, 0.25) is 0 Å². The van der Waals surface area contributed by atoms with Crippen LogP contribution >= 0.6 is 11.8 Å². The number of benzene rings is 2. The lowest BCUT2D eigenvalue weighted by atomic mass is 10.2. The summed E-state index contributed by atoms with van der Waals surface area (Å²) in [6, 6.07) is 15.7. The molecule has 2 N–H and O–H groups in total. The van der Waals surface area contributed by atoms with Crippen LogP contribution in [0.5, 0.6) is 5.75 Å². The second-order valence-corrected chi connectivity index (χ2v) is 6.19. The van der Waals surface area contributed by atoms with Gasteiger partial charge in [-0.05, 0) is 24.3 Å². The van der Waals surface area contributed by atoms with Crippen molar-refractivity contribution in [2.75, 3.05) is 18.9 Å². The third-order valence-electron chi connectivity index (χ3n) is 3.36. The molecule has 134 valence electrons. The van der Waals surface area contributed by atoms with E-state index in [9.17, 15) is 9.18 Å². The van der Waals surface area contributed by atoms with Gasteiger partial charge >= 0.3 is 0 Å². The molecular weight excluding hydrogens is 355 g/mol. The predicted molar refractivity (Wildman–Crippen MR) is 97.4 cm³/mol. The lowest BCUT2D eigenvalue weighted by Gasteiger charge is -2.06. The van der Waals surface area contributed by atoms with Crippen LogP contribution in [-0.4, -0.2) is 40.0 Å². The van der Waals surface area contributed by atoms with E-state index in [1.165, 1.54) is 17.8 Å². The zero-order valence-electron chi connectivity index (χ0n) is 13.8. The van der Waals surface area contributed by atoms with Crippen molar-refractivity contribution in [1.29, 1.82) is 0 Å². The Morgan fingerprint density at radius 2 is 1.92 bits per heavy atom. The minimum atomic E-state index is -0.378. The number of H-pyrrole nitrogens is 1. The number of rotatable bonds is 8. The standard InChI is InChI=1S/C18H17FN4O2S/c19-15-9-5-4-8-14(15)17-21-18(23-22-17)26-12-16(24)20-10-11-25-13-6-2-1-3-7-13/h1-9H,10-12H2,(H,20,24)(H,21,22,23). The van der Waals surface area contributed by atoms with Crippen LogP contribution in [0, 0.1) is 5.82 Å². The number of hydrogen-bond acceptors (Lipinski definition) is 5. The highest BCUT2D eigenvalue weighted by molar-refractivity contribution is 7.99. The number of carbonyl (C=O) groups is 1. The van der Waals surface area contributed by atoms with E-state index in [0.717, 1.165) is 5.75 Å². The van der Waals surface area contributed by atoms with Crippen LogP contribution in [0.4, 0.5) is 4.39 Å². The summed E-state index contributed by atoms with van der Waals surface area (Å²) in [5.41, 5.74) is 0.342. The minimum Gasteiger partial charge on any atom is -0.492 e. The van der Waals surface area contributed by atoms with E-state index in [0.29, 0.717) is 29.7 Å². The second-order valence-electron chi connectivity index (χ2n) is 5.25. The molecule has 2 aromatic carbocycles. The lowest BCUT2D eigenvalue weighted by molar-refractivity contribution is -0.118. The summed E-state index contributed by atoms with van der Waals surface area (Å²) in [5, 5.41) is 9.83. The number of aromatic nitrogens is 3. The Morgan fingerprint density at radius 3 is 2.73 bits per heavy atom. The van der Waals surface area contributed by atoms with Gasteiger partial charge in [-0.1, -0.05) is 42.1 Å². The number of aromatic amines is 1. The lowest BCUT2D eigenvalue weighted by Crippen LogP contribution is -2.29. The van der Waals surface area contributed by atoms with E-state index in [2.05, 4.69) is 20.5 Å². The highest BCUT2D eigenvalue weighted by Crippen LogP contribution is 2.21. The van der Waals surface area contributed by atoms with Gasteiger partial charge in [-0.2, -0.15) is 0 Å². The summed E-state index contributed by atoms with van der Waals surface area (Å²) in [4.78, 5) is 16.0. The van der Waals surface area contributed by atoms with Gasteiger partial charge in [0.25, 0.3) is 0 Å². The van der Waals surface area contributed by atoms with Crippen LogP contribution in [-0.2, 0) is 4.79 Å². The number of ether oxygens (including phenoxy) is 1. The van der Waals surface area contributed by atoms with Crippen LogP contribution in [0.25, 0.3) is 11.4 Å². The predicted octanol–water partition coefficient (Wildman–Crippen LogP) is 2.90. The SMILES string of the molecule is O=C(CSc1n[nH]c(-c2ccccc2F)n1)NCCOc1ccccc1. The summed E-state index contributed by atoms with van der Waals surface area (Å²) in [7, 11) is 0. The van der Waals surface area contributed by atoms with Gasteiger partial charge in [0.15, 0.2) is 5.82 Å². The first kappa shape index (κ1) is 17.9. The highest BCUT2D eigenvalue weighted by atomic mass is 32.2. The van der Waals surface area contributed by atoms with Gasteiger partial charge in [0.2, 0.25) is 11.1 Å². The number of halogens is 1. The smallest absolute Gasteiger partial charge is 0.230 e. The molecule has 0 saturated heterocycles. The molecule has 1 heterocycles. The zero-order valence-corrected chi connectivity index (χ0v) is 14.6. The van der Waals surface area contributed by atoms with Crippen molar-refractivity contribution < 1.29 is 13.9 Å². The fraction of sp³-hybridized carbons (Fsp3) is 0.167. The molecule has 1 amide bonds. The number of carbonyl (C=O) groups excluding carboxylic acids is 1. The first-order valence-electron chi connectivity index (χ1n) is 7.97. The van der Waals surface area contributed by atoms with Gasteiger partial charge in [-0.25, -0.2) is 9.37 Å². The number of thioether (sulfide) groups is 1. The van der Waals surface area contributed by atoms with Crippen molar-refractivity contribution in [1.82, 2.24) is 20.5 Å². The number of para-hydroxylation sites is 1. The molecule has 0 unspecified atom stereocenters. The molecule has 26 heavy (non-hydrogen) atoms. The maximum atomic E-state index is 13.7. The highest BCUT2D eigenvalue weighted by Gasteiger charge is 2.11. The topological polar surface area (TPSA) is 79.9 Å². The molecule has 0 atom stereocenters. The molecule has 0 fully saturated rings. The molecule has 0 spiro atoms. The molecule has 0 aliphatic rings. The Labute approximate surface area is 154 Å². The van der Waals surface area contributed by atoms with Crippen LogP contribution < -0.4 is 10.1 Å². The van der Waals surface area contributed by atoms with Gasteiger partial charge in [0, 0.05) is 0 Å². The molecular formula is C18H17FN4O2S. The average Bonchev–Trinajstić information content (AvgIpc) is 3.13. The van der Waals surface area contributed by atoms with Gasteiger partial charge in [-0.3, -0.25) is 9.89 Å². The summed E-state index contributed by atoms with van der Waals surface area (Å²) in [6.45, 7) is 0.793. The summed E-state index contributed by atoms with van der Waals surface area (Å²) < 4.78 is 19.2. The Balaban J connectivity index is 1.40. The Morgan fingerprint density at radius 1 is 1.15 bits per heavy atom. The van der Waals surface area contributed by atoms with Crippen molar-refractivity contribution in [2.24, 2.45) is 0 Å². The van der Waals surface area contributed by atoms with E-state index < -0.39 is 0 Å². The first-order chi connectivity index (χ1) is 12.7. The molecule has 0 aliphatic heterocycles. The first-order valence-corrected chi connectivity index (χ1v) is 8.95. The summed E-state index contributed by atoms with van der Waals surface area (Å²) >= 11 is 1.18. The van der Waals surface area contributed by atoms with Gasteiger partial charge < -0.3 is 10.1 Å². The van der Waals surface area contributed by atoms with Crippen LogP contribution in [0.15, 0.2) is 59.8 Å². The van der Waals surface area contributed by atoms with E-state index in [4.69, 9.17) is 4.74 Å². The fourth-order valence-electron chi connectivity index (χ4n) is 2.14. The number of hydrogen-bond donors (Lipinski definition) is 2. The third kappa shape index (κ3) is 5.06. The van der Waals surface area contributed by atoms with Gasteiger partial charge in [0.1, 0.15) is 18.2 Å². The Bertz CT molecular complexity index is 857. The number of nitrogens with one attached hydrogen (secondary N) is 2. The quantitative estimate of drug-likeness (QED) is 0.469. The maximum absolute atomic E-state index is 13.7. The maximum Gasteiger partial charge on any atom is 0.230 e. The normalized spacial score (nSPS) is 10.5. The molecule has 3 rings (SSSR count). The second kappa shape index (κ2) is 9.00. The molecule has 8 heteroatoms. The average molecular weight is 372 g/mol. The van der Waals surface area contributed by atoms with Crippen LogP contribution in [0.1, 0.15) is 0 Å². The van der Waals surface area contributed by atoms with Crippen LogP contribution in [0.3, 0.4) is 0 Å². The molecule has 0 bridgehead atoms. The molecule has 1 aromatic heterocycles. The molecule has 0 aliphatic carbocycles. The molecule has 0 radical (unpaired) electrons. The van der Waals surface area contributed by atoms with Crippen molar-refractivity contribution >= 4 is 17.7 Å². The number of nitrogens with zero attached hydrogens (tertiary/aromatic N) is 2. The third-order valence-corrected chi connectivity index (χ3v) is 4.21. The number of amides is 1. The molecule has 3 aromatic rings. The van der Waals surface area contributed by atoms with Crippen molar-refractivity contribution in [3.05, 3.63) is 60.4 Å². The van der Waals surface area contributed by atoms with Crippen molar-refractivity contribution in [3.8, 4) is 17.1 Å². The Hall–Kier alpha value is -2.87. The molecule has 0 saturated carbocycles. The van der Waals surface area contributed by atoms with Crippen molar-refractivity contribution in [3.63, 3.8) is 0 Å². The largest absolute Gasteiger partial charge is 0.492 e. The van der Waals surface area contributed by atoms with E-state index in [1.54, 1.807) is 18.2 Å². The van der Waals surface area contributed by atoms with E-state index in [-0.39, 0.29) is 17.5 Å². The summed E-state index contributed by atoms with van der Waals surface area (Å²) in [5.74, 6) is 0.736. The fourth-order valence-corrected chi connectivity index (χ4v) is 2.77. The van der Waals surface area contributed by atoms with Gasteiger partial charge in [0.05, 0.1) is 17.9 Å². The minimum absolute atomic E-state index is 0.149. The monoisotopic (exact) mass is 372 g/mol. The zero-order chi connectivity index (χ0) is 18.2. The Kier molecular flexibility index (Phi) is 6.21. The van der Waals surface area contributed by atoms with Gasteiger partial charge in [-0.15, -0.1) is 5.10 Å².